The summed E-state index contributed by atoms with van der Waals surface area (Å²) in [6, 6.07) is 12.3. The number of fused-ring (bicyclic) bond motifs is 1. The summed E-state index contributed by atoms with van der Waals surface area (Å²) >= 11 is 7.45. The van der Waals surface area contributed by atoms with Gasteiger partial charge in [-0.3, -0.25) is 9.36 Å². The minimum Gasteiger partial charge on any atom is -0.399 e. The molecule has 28 heavy (non-hydrogen) atoms. The molecule has 0 aliphatic rings. The Kier molecular flexibility index (Phi) is 6.23. The molecule has 0 aliphatic carbocycles. The molecular formula is C19H18ClN2O4PS. The third kappa shape index (κ3) is 5.22. The molecule has 3 rings (SSSR count). The first kappa shape index (κ1) is 20.6. The Bertz CT molecular complexity index is 1080. The topological polar surface area (TPSA) is 113 Å². The summed E-state index contributed by atoms with van der Waals surface area (Å²) in [5.74, 6) is -1.51. The zero-order valence-corrected chi connectivity index (χ0v) is 17.0. The lowest BCUT2D eigenvalue weighted by Gasteiger charge is -2.16. The van der Waals surface area contributed by atoms with Gasteiger partial charge in [0.2, 0.25) is 5.91 Å². The molecule has 0 fully saturated rings. The van der Waals surface area contributed by atoms with Crippen molar-refractivity contribution in [3.63, 3.8) is 0 Å². The first-order chi connectivity index (χ1) is 13.2. The highest BCUT2D eigenvalue weighted by Gasteiger charge is 2.30. The van der Waals surface area contributed by atoms with Crippen LogP contribution in [-0.2, 0) is 9.36 Å². The number of hydrogen-bond acceptors (Lipinski definition) is 4. The maximum Gasteiger partial charge on any atom is 0.326 e. The summed E-state index contributed by atoms with van der Waals surface area (Å²) in [7, 11) is -4.43. The van der Waals surface area contributed by atoms with Crippen molar-refractivity contribution >= 4 is 58.3 Å². The summed E-state index contributed by atoms with van der Waals surface area (Å²) < 4.78 is 12.5. The number of amides is 1. The molecule has 0 radical (unpaired) electrons. The van der Waals surface area contributed by atoms with E-state index in [4.69, 9.17) is 17.3 Å². The lowest BCUT2D eigenvalue weighted by molar-refractivity contribution is -0.121. The standard InChI is InChI=1S/C19H18ClN2O4PS/c20-13-3-6-18-15(9-13)17(11-28-18)16(10-27(24,25)26)19(23)22-8-7-12-1-4-14(21)5-2-12/h1-9,11,16H,10,21H2,(H,22,23)(H2,24,25,26)/b8-7+. The molecule has 1 atom stereocenters. The molecule has 9 heteroatoms. The predicted octanol–water partition coefficient (Wildman–Crippen LogP) is 4.19. The maximum atomic E-state index is 12.7. The largest absolute Gasteiger partial charge is 0.399 e. The Hall–Kier alpha value is -2.15. The summed E-state index contributed by atoms with van der Waals surface area (Å²) in [4.78, 5) is 31.7. The lowest BCUT2D eigenvalue weighted by atomic mass is 9.99. The molecule has 0 bridgehead atoms. The number of thiophene rings is 1. The number of nitrogens with one attached hydrogen (secondary N) is 1. The van der Waals surface area contributed by atoms with Gasteiger partial charge in [0, 0.05) is 21.6 Å². The van der Waals surface area contributed by atoms with Gasteiger partial charge in [0.15, 0.2) is 0 Å². The number of benzene rings is 2. The van der Waals surface area contributed by atoms with Gasteiger partial charge in [-0.1, -0.05) is 23.7 Å². The minimum atomic E-state index is -4.43. The fourth-order valence-corrected chi connectivity index (χ4v) is 4.78. The second kappa shape index (κ2) is 8.47. The molecular weight excluding hydrogens is 419 g/mol. The van der Waals surface area contributed by atoms with Gasteiger partial charge in [0.05, 0.1) is 12.1 Å². The lowest BCUT2D eigenvalue weighted by Crippen LogP contribution is -2.27. The fourth-order valence-electron chi connectivity index (χ4n) is 2.78. The zero-order chi connectivity index (χ0) is 20.3. The molecule has 1 heterocycles. The van der Waals surface area contributed by atoms with Gasteiger partial charge in [-0.05, 0) is 58.3 Å². The Morgan fingerprint density at radius 2 is 1.96 bits per heavy atom. The van der Waals surface area contributed by atoms with Crippen molar-refractivity contribution in [1.29, 1.82) is 0 Å². The average Bonchev–Trinajstić information content (AvgIpc) is 3.03. The first-order valence-electron chi connectivity index (χ1n) is 8.26. The van der Waals surface area contributed by atoms with Crippen LogP contribution in [0.4, 0.5) is 5.69 Å². The Morgan fingerprint density at radius 1 is 1.25 bits per heavy atom. The number of rotatable bonds is 6. The van der Waals surface area contributed by atoms with Gasteiger partial charge >= 0.3 is 7.60 Å². The highest BCUT2D eigenvalue weighted by molar-refractivity contribution is 7.51. The third-order valence-corrected chi connectivity index (χ3v) is 6.17. The molecule has 2 aromatic carbocycles. The van der Waals surface area contributed by atoms with Crippen molar-refractivity contribution < 1.29 is 19.1 Å². The zero-order valence-electron chi connectivity index (χ0n) is 14.6. The monoisotopic (exact) mass is 436 g/mol. The van der Waals surface area contributed by atoms with Crippen molar-refractivity contribution in [2.75, 3.05) is 11.9 Å². The van der Waals surface area contributed by atoms with Crippen LogP contribution in [0, 0.1) is 0 Å². The molecule has 0 saturated heterocycles. The van der Waals surface area contributed by atoms with E-state index in [0.717, 1.165) is 10.3 Å². The highest BCUT2D eigenvalue weighted by Crippen LogP contribution is 2.43. The molecule has 5 N–H and O–H groups in total. The number of halogens is 1. The number of carbonyl (C=O) groups is 1. The Labute approximate surface area is 170 Å². The summed E-state index contributed by atoms with van der Waals surface area (Å²) in [6.45, 7) is 0. The molecule has 0 saturated carbocycles. The van der Waals surface area contributed by atoms with E-state index >= 15 is 0 Å². The van der Waals surface area contributed by atoms with Crippen molar-refractivity contribution in [3.05, 3.63) is 70.2 Å². The van der Waals surface area contributed by atoms with Gasteiger partial charge < -0.3 is 20.8 Å². The predicted molar refractivity (Wildman–Crippen MR) is 115 cm³/mol. The van der Waals surface area contributed by atoms with Crippen molar-refractivity contribution in [1.82, 2.24) is 5.32 Å². The van der Waals surface area contributed by atoms with Gasteiger partial charge in [-0.15, -0.1) is 11.3 Å². The van der Waals surface area contributed by atoms with E-state index in [1.807, 2.05) is 6.07 Å². The summed E-state index contributed by atoms with van der Waals surface area (Å²) in [5, 5.41) is 5.56. The normalized spacial score (nSPS) is 13.1. The highest BCUT2D eigenvalue weighted by atomic mass is 35.5. The van der Waals surface area contributed by atoms with E-state index in [0.29, 0.717) is 21.7 Å². The van der Waals surface area contributed by atoms with Crippen LogP contribution in [-0.4, -0.2) is 21.9 Å². The van der Waals surface area contributed by atoms with Gasteiger partial charge in [0.1, 0.15) is 0 Å². The maximum absolute atomic E-state index is 12.7. The van der Waals surface area contributed by atoms with Crippen LogP contribution in [0.3, 0.4) is 0 Å². The van der Waals surface area contributed by atoms with E-state index in [9.17, 15) is 19.1 Å². The van der Waals surface area contributed by atoms with E-state index in [1.54, 1.807) is 47.9 Å². The fraction of sp³-hybridized carbons (Fsp3) is 0.105. The van der Waals surface area contributed by atoms with Crippen molar-refractivity contribution in [2.45, 2.75) is 5.92 Å². The number of nitrogens with two attached hydrogens (primary N) is 1. The Balaban J connectivity index is 1.86. The van der Waals surface area contributed by atoms with Gasteiger partial charge in [0.25, 0.3) is 0 Å². The number of nitrogen functional groups attached to an aromatic ring is 1. The molecule has 1 unspecified atom stereocenters. The van der Waals surface area contributed by atoms with Crippen molar-refractivity contribution in [3.8, 4) is 0 Å². The molecule has 0 spiro atoms. The second-order valence-electron chi connectivity index (χ2n) is 6.24. The van der Waals surface area contributed by atoms with Crippen LogP contribution in [0.5, 0.6) is 0 Å². The minimum absolute atomic E-state index is 0.491. The van der Waals surface area contributed by atoms with Gasteiger partial charge in [-0.2, -0.15) is 0 Å². The van der Waals surface area contributed by atoms with E-state index < -0.39 is 25.6 Å². The number of hydrogen-bond donors (Lipinski definition) is 4. The molecule has 1 amide bonds. The van der Waals surface area contributed by atoms with Crippen LogP contribution in [0.25, 0.3) is 16.2 Å². The van der Waals surface area contributed by atoms with Crippen LogP contribution in [0.1, 0.15) is 17.0 Å². The Morgan fingerprint density at radius 3 is 2.64 bits per heavy atom. The molecule has 3 aromatic rings. The van der Waals surface area contributed by atoms with Crippen LogP contribution in [0.15, 0.2) is 54.0 Å². The number of carbonyl (C=O) groups excluding carboxylic acids is 1. The third-order valence-electron chi connectivity index (χ3n) is 4.12. The van der Waals surface area contributed by atoms with Crippen LogP contribution >= 0.6 is 30.5 Å². The molecule has 6 nitrogen and oxygen atoms in total. The SMILES string of the molecule is Nc1ccc(/C=C/NC(=O)C(CP(=O)(O)O)c2csc3ccc(Cl)cc23)cc1. The van der Waals surface area contributed by atoms with E-state index in [1.165, 1.54) is 17.5 Å². The molecule has 0 aliphatic heterocycles. The summed E-state index contributed by atoms with van der Waals surface area (Å²) in [6.07, 6.45) is 2.53. The number of anilines is 1. The molecule has 1 aromatic heterocycles. The van der Waals surface area contributed by atoms with Crippen LogP contribution in [0.2, 0.25) is 5.02 Å². The molecule has 146 valence electrons. The average molecular weight is 437 g/mol. The smallest absolute Gasteiger partial charge is 0.326 e. The second-order valence-corrected chi connectivity index (χ2v) is 9.28. The quantitative estimate of drug-likeness (QED) is 0.342. The van der Waals surface area contributed by atoms with Crippen molar-refractivity contribution in [2.24, 2.45) is 0 Å². The van der Waals surface area contributed by atoms with Crippen LogP contribution < -0.4 is 11.1 Å². The first-order valence-corrected chi connectivity index (χ1v) is 11.3. The summed E-state index contributed by atoms with van der Waals surface area (Å²) in [5.41, 5.74) is 7.64. The van der Waals surface area contributed by atoms with E-state index in [-0.39, 0.29) is 0 Å². The van der Waals surface area contributed by atoms with E-state index in [2.05, 4.69) is 5.32 Å². The van der Waals surface area contributed by atoms with Gasteiger partial charge in [-0.25, -0.2) is 0 Å².